The molecule has 0 aromatic heterocycles. The second kappa shape index (κ2) is 3.93. The summed E-state index contributed by atoms with van der Waals surface area (Å²) in [6.45, 7) is 0. The molecule has 0 heterocycles. The smallest absolute Gasteiger partial charge is 0.0233 e. The molecule has 0 bridgehead atoms. The van der Waals surface area contributed by atoms with Crippen LogP contribution in [0, 0.1) is 11.8 Å². The Morgan fingerprint density at radius 2 is 1.08 bits per heavy atom. The zero-order valence-corrected chi connectivity index (χ0v) is 10.0. The summed E-state index contributed by atoms with van der Waals surface area (Å²) < 4.78 is 0. The molecule has 2 aliphatic carbocycles. The summed E-state index contributed by atoms with van der Waals surface area (Å²) in [5.74, 6) is 2.08. The summed E-state index contributed by atoms with van der Waals surface area (Å²) >= 11 is 0. The summed E-state index contributed by atoms with van der Waals surface area (Å²) in [5, 5.41) is 0. The molecule has 2 aliphatic rings. The fourth-order valence-corrected chi connectivity index (χ4v) is 4.53. The summed E-state index contributed by atoms with van der Waals surface area (Å²) in [6, 6.07) is 0. The molecule has 0 nitrogen and oxygen atoms in total. The van der Waals surface area contributed by atoms with Gasteiger partial charge in [0.1, 0.15) is 0 Å². The zero-order chi connectivity index (χ0) is 8.55. The van der Waals surface area contributed by atoms with Crippen molar-refractivity contribution in [2.45, 2.75) is 49.8 Å². The minimum atomic E-state index is 0.941. The lowest BCUT2D eigenvalue weighted by atomic mass is 9.89. The Balaban J connectivity index is 1.98. The molecule has 0 amide bonds. The fraction of sp³-hybridized carbons (Fsp3) is 1.00. The SMILES string of the molecule is PC1CCC[C@H]1[C@@H]1CCC[C@@H]1P. The summed E-state index contributed by atoms with van der Waals surface area (Å²) in [6.07, 6.45) is 8.89. The molecule has 0 aliphatic heterocycles. The molecule has 0 saturated heterocycles. The van der Waals surface area contributed by atoms with Crippen molar-refractivity contribution in [2.24, 2.45) is 11.8 Å². The molecule has 2 heteroatoms. The van der Waals surface area contributed by atoms with Crippen molar-refractivity contribution in [2.75, 3.05) is 0 Å². The average Bonchev–Trinajstić information content (AvgIpc) is 2.59. The van der Waals surface area contributed by atoms with Crippen molar-refractivity contribution in [3.8, 4) is 0 Å². The predicted molar refractivity (Wildman–Crippen MR) is 61.7 cm³/mol. The molecule has 0 aromatic carbocycles. The van der Waals surface area contributed by atoms with Crippen LogP contribution in [0.2, 0.25) is 0 Å². The molecule has 0 radical (unpaired) electrons. The Labute approximate surface area is 80.7 Å². The summed E-state index contributed by atoms with van der Waals surface area (Å²) in [4.78, 5) is 0. The maximum Gasteiger partial charge on any atom is -0.0233 e. The highest BCUT2D eigenvalue weighted by Gasteiger charge is 2.36. The van der Waals surface area contributed by atoms with Gasteiger partial charge in [0, 0.05) is 0 Å². The zero-order valence-electron chi connectivity index (χ0n) is 7.71. The van der Waals surface area contributed by atoms with Crippen LogP contribution in [0.4, 0.5) is 0 Å². The third-order valence-electron chi connectivity index (χ3n) is 3.80. The quantitative estimate of drug-likeness (QED) is 0.573. The molecule has 2 fully saturated rings. The Morgan fingerprint density at radius 3 is 1.33 bits per heavy atom. The van der Waals surface area contributed by atoms with E-state index in [0.29, 0.717) is 0 Å². The van der Waals surface area contributed by atoms with Crippen LogP contribution in [0.3, 0.4) is 0 Å². The van der Waals surface area contributed by atoms with Crippen molar-refractivity contribution in [1.82, 2.24) is 0 Å². The lowest BCUT2D eigenvalue weighted by Gasteiger charge is -2.26. The Bertz CT molecular complexity index is 140. The van der Waals surface area contributed by atoms with E-state index in [2.05, 4.69) is 18.5 Å². The minimum absolute atomic E-state index is 0.941. The van der Waals surface area contributed by atoms with E-state index in [-0.39, 0.29) is 0 Å². The topological polar surface area (TPSA) is 0 Å². The first-order valence-electron chi connectivity index (χ1n) is 5.30. The second-order valence-corrected chi connectivity index (χ2v) is 6.23. The normalized spacial score (nSPS) is 48.5. The van der Waals surface area contributed by atoms with Crippen LogP contribution in [0.15, 0.2) is 0 Å². The van der Waals surface area contributed by atoms with Crippen molar-refractivity contribution in [1.29, 1.82) is 0 Å². The molecule has 6 atom stereocenters. The van der Waals surface area contributed by atoms with Crippen molar-refractivity contribution in [3.63, 3.8) is 0 Å². The van der Waals surface area contributed by atoms with Crippen LogP contribution in [-0.2, 0) is 0 Å². The second-order valence-electron chi connectivity index (χ2n) is 4.52. The van der Waals surface area contributed by atoms with E-state index in [0.717, 1.165) is 23.2 Å². The van der Waals surface area contributed by atoms with Gasteiger partial charge >= 0.3 is 0 Å². The van der Waals surface area contributed by atoms with Gasteiger partial charge in [-0.3, -0.25) is 0 Å². The highest BCUT2D eigenvalue weighted by atomic mass is 31.0. The average molecular weight is 202 g/mol. The van der Waals surface area contributed by atoms with Crippen LogP contribution in [-0.4, -0.2) is 11.3 Å². The van der Waals surface area contributed by atoms with E-state index in [1.165, 1.54) is 38.5 Å². The fourth-order valence-electron chi connectivity index (χ4n) is 3.10. The van der Waals surface area contributed by atoms with Crippen LogP contribution in [0.25, 0.3) is 0 Å². The van der Waals surface area contributed by atoms with Gasteiger partial charge in [-0.25, -0.2) is 0 Å². The molecule has 2 saturated carbocycles. The Hall–Kier alpha value is 0.860. The number of hydrogen-bond acceptors (Lipinski definition) is 0. The van der Waals surface area contributed by atoms with Gasteiger partial charge < -0.3 is 0 Å². The molecular formula is C10H20P2. The highest BCUT2D eigenvalue weighted by Crippen LogP contribution is 2.45. The van der Waals surface area contributed by atoms with Gasteiger partial charge in [-0.2, -0.15) is 0 Å². The lowest BCUT2D eigenvalue weighted by Crippen LogP contribution is -2.22. The Morgan fingerprint density at radius 1 is 0.667 bits per heavy atom. The predicted octanol–water partition coefficient (Wildman–Crippen LogP) is 3.07. The maximum absolute atomic E-state index is 3.07. The van der Waals surface area contributed by atoms with E-state index in [9.17, 15) is 0 Å². The third kappa shape index (κ3) is 1.71. The Kier molecular flexibility index (Phi) is 3.09. The molecule has 70 valence electrons. The molecular weight excluding hydrogens is 182 g/mol. The van der Waals surface area contributed by atoms with Gasteiger partial charge in [-0.05, 0) is 48.8 Å². The lowest BCUT2D eigenvalue weighted by molar-refractivity contribution is 0.360. The van der Waals surface area contributed by atoms with E-state index < -0.39 is 0 Å². The molecule has 12 heavy (non-hydrogen) atoms. The van der Waals surface area contributed by atoms with E-state index in [1.54, 1.807) is 0 Å². The maximum atomic E-state index is 3.07. The van der Waals surface area contributed by atoms with Crippen LogP contribution in [0.1, 0.15) is 38.5 Å². The van der Waals surface area contributed by atoms with Crippen LogP contribution >= 0.6 is 18.5 Å². The molecule has 0 N–H and O–H groups in total. The van der Waals surface area contributed by atoms with Crippen molar-refractivity contribution >= 4 is 18.5 Å². The van der Waals surface area contributed by atoms with Crippen LogP contribution in [0.5, 0.6) is 0 Å². The molecule has 0 spiro atoms. The molecule has 0 aromatic rings. The first-order chi connectivity index (χ1) is 5.79. The van der Waals surface area contributed by atoms with Crippen LogP contribution < -0.4 is 0 Å². The van der Waals surface area contributed by atoms with Gasteiger partial charge in [0.2, 0.25) is 0 Å². The number of rotatable bonds is 1. The van der Waals surface area contributed by atoms with Crippen molar-refractivity contribution in [3.05, 3.63) is 0 Å². The molecule has 2 rings (SSSR count). The van der Waals surface area contributed by atoms with Gasteiger partial charge in [0.15, 0.2) is 0 Å². The van der Waals surface area contributed by atoms with Gasteiger partial charge in [-0.1, -0.05) is 12.8 Å². The minimum Gasteiger partial charge on any atom is -0.134 e. The third-order valence-corrected chi connectivity index (χ3v) is 5.46. The summed E-state index contributed by atoms with van der Waals surface area (Å²) in [7, 11) is 6.15. The van der Waals surface area contributed by atoms with E-state index in [1.807, 2.05) is 0 Å². The largest absolute Gasteiger partial charge is 0.134 e. The summed E-state index contributed by atoms with van der Waals surface area (Å²) in [5.41, 5.74) is 1.88. The van der Waals surface area contributed by atoms with Gasteiger partial charge in [0.25, 0.3) is 0 Å². The standard InChI is InChI=1S/C10H20P2/c11-9-5-1-3-7(9)8-4-2-6-10(8)12/h7-10H,1-6,11-12H2/t7-,8-,9-,10?/m0/s1. The van der Waals surface area contributed by atoms with E-state index in [4.69, 9.17) is 0 Å². The van der Waals surface area contributed by atoms with Gasteiger partial charge in [-0.15, -0.1) is 18.5 Å². The van der Waals surface area contributed by atoms with E-state index >= 15 is 0 Å². The van der Waals surface area contributed by atoms with Crippen molar-refractivity contribution < 1.29 is 0 Å². The highest BCUT2D eigenvalue weighted by molar-refractivity contribution is 7.18. The number of hydrogen-bond donors (Lipinski definition) is 0. The first-order valence-corrected chi connectivity index (χ1v) is 6.63. The molecule has 3 unspecified atom stereocenters. The monoisotopic (exact) mass is 202 g/mol. The first kappa shape index (κ1) is 9.42. The van der Waals surface area contributed by atoms with Gasteiger partial charge in [0.05, 0.1) is 0 Å².